The van der Waals surface area contributed by atoms with Gasteiger partial charge in [-0.05, 0) is 56.5 Å². The van der Waals surface area contributed by atoms with Crippen LogP contribution in [0, 0.1) is 12.5 Å². The summed E-state index contributed by atoms with van der Waals surface area (Å²) in [5, 5.41) is 1.92. The van der Waals surface area contributed by atoms with Crippen molar-refractivity contribution in [1.29, 1.82) is 0 Å². The molecule has 2 atom stereocenters. The Morgan fingerprint density at radius 3 is 1.97 bits per heavy atom. The summed E-state index contributed by atoms with van der Waals surface area (Å²) in [5.41, 5.74) is 1.16. The highest BCUT2D eigenvalue weighted by Crippen LogP contribution is 2.28. The van der Waals surface area contributed by atoms with E-state index in [0.717, 1.165) is 0 Å². The molecule has 2 aromatic rings. The summed E-state index contributed by atoms with van der Waals surface area (Å²) in [6.45, 7) is 15.8. The maximum absolute atomic E-state index is 13.0. The number of nitrogens with zero attached hydrogens (tertiary/aromatic N) is 1. The van der Waals surface area contributed by atoms with Gasteiger partial charge in [0.1, 0.15) is 11.5 Å². The van der Waals surface area contributed by atoms with Crippen molar-refractivity contribution in [1.82, 2.24) is 5.32 Å². The van der Waals surface area contributed by atoms with Crippen LogP contribution in [0.3, 0.4) is 0 Å². The molecule has 0 saturated carbocycles. The second-order valence-corrected chi connectivity index (χ2v) is 10.6. The van der Waals surface area contributed by atoms with Crippen LogP contribution in [0.2, 0.25) is 0 Å². The molecular weight excluding hydrogens is 428 g/mol. The van der Waals surface area contributed by atoms with Gasteiger partial charge in [0.05, 0.1) is 23.7 Å². The molecule has 8 heteroatoms. The Morgan fingerprint density at radius 1 is 0.969 bits per heavy atom. The van der Waals surface area contributed by atoms with Crippen molar-refractivity contribution in [3.05, 3.63) is 65.5 Å². The number of carbonyl (C=O) groups is 1. The van der Waals surface area contributed by atoms with Crippen LogP contribution < -0.4 is 10.1 Å². The van der Waals surface area contributed by atoms with Gasteiger partial charge in [-0.3, -0.25) is 0 Å². The van der Waals surface area contributed by atoms with Gasteiger partial charge in [0.25, 0.3) is 0 Å². The van der Waals surface area contributed by atoms with Crippen molar-refractivity contribution in [3.63, 3.8) is 0 Å². The molecule has 0 heterocycles. The lowest BCUT2D eigenvalue weighted by atomic mass is 10.1. The molecular formula is C24H30N2O5S. The third-order valence-electron chi connectivity index (χ3n) is 4.95. The number of hydrogen-bond acceptors (Lipinski definition) is 5. The molecule has 0 radical (unpaired) electrons. The molecule has 32 heavy (non-hydrogen) atoms. The fourth-order valence-electron chi connectivity index (χ4n) is 2.93. The monoisotopic (exact) mass is 458 g/mol. The first-order valence-electron chi connectivity index (χ1n) is 10.5. The van der Waals surface area contributed by atoms with Gasteiger partial charge < -0.3 is 14.8 Å². The number of alkyl carbamates (subject to hydrolysis) is 1. The van der Waals surface area contributed by atoms with Crippen LogP contribution in [-0.2, 0) is 14.6 Å². The average molecular weight is 459 g/mol. The van der Waals surface area contributed by atoms with E-state index in [1.807, 2.05) is 13.8 Å². The van der Waals surface area contributed by atoms with E-state index in [1.165, 1.54) is 0 Å². The van der Waals surface area contributed by atoms with E-state index < -0.39 is 27.2 Å². The Bertz CT molecular complexity index is 1040. The minimum absolute atomic E-state index is 0.0818. The molecule has 0 fully saturated rings. The van der Waals surface area contributed by atoms with Crippen LogP contribution in [-0.4, -0.2) is 32.4 Å². The zero-order valence-electron chi connectivity index (χ0n) is 19.0. The first kappa shape index (κ1) is 25.2. The predicted octanol–water partition coefficient (Wildman–Crippen LogP) is 5.66. The Labute approximate surface area is 190 Å². The molecule has 0 aliphatic heterocycles. The minimum atomic E-state index is -3.55. The van der Waals surface area contributed by atoms with Crippen molar-refractivity contribution in [2.75, 3.05) is 5.75 Å². The van der Waals surface area contributed by atoms with Gasteiger partial charge in [-0.2, -0.15) is 0 Å². The van der Waals surface area contributed by atoms with E-state index >= 15 is 0 Å². The van der Waals surface area contributed by atoms with Crippen molar-refractivity contribution in [3.8, 4) is 11.5 Å². The molecule has 0 aliphatic carbocycles. The molecule has 2 rings (SSSR count). The second kappa shape index (κ2) is 11.0. The SMILES string of the molecule is [C-]#[N+]c1ccc(Oc2ccc(C(C)S(=O)(=O)C[C@@H](NC(=O)OC(C)C)C(C)C)cc2)cc1. The third kappa shape index (κ3) is 7.27. The molecule has 1 N–H and O–H groups in total. The smallest absolute Gasteiger partial charge is 0.407 e. The lowest BCUT2D eigenvalue weighted by molar-refractivity contribution is 0.111. The molecule has 0 bridgehead atoms. The number of nitrogens with one attached hydrogen (secondary N) is 1. The second-order valence-electron chi connectivity index (χ2n) is 8.20. The largest absolute Gasteiger partial charge is 0.457 e. The summed E-state index contributed by atoms with van der Waals surface area (Å²) in [5.74, 6) is 0.878. The average Bonchev–Trinajstić information content (AvgIpc) is 2.73. The van der Waals surface area contributed by atoms with Gasteiger partial charge in [-0.25, -0.2) is 18.1 Å². The first-order chi connectivity index (χ1) is 15.0. The van der Waals surface area contributed by atoms with Crippen molar-refractivity contribution >= 4 is 21.6 Å². The lowest BCUT2D eigenvalue weighted by Crippen LogP contribution is -2.44. The van der Waals surface area contributed by atoms with Gasteiger partial charge >= 0.3 is 6.09 Å². The van der Waals surface area contributed by atoms with E-state index in [0.29, 0.717) is 22.7 Å². The third-order valence-corrected chi connectivity index (χ3v) is 7.13. The Kier molecular flexibility index (Phi) is 8.67. The quantitative estimate of drug-likeness (QED) is 0.490. The zero-order chi connectivity index (χ0) is 23.9. The van der Waals surface area contributed by atoms with E-state index in [-0.39, 0.29) is 17.8 Å². The van der Waals surface area contributed by atoms with Crippen molar-refractivity contribution < 1.29 is 22.7 Å². The van der Waals surface area contributed by atoms with E-state index in [2.05, 4.69) is 10.2 Å². The number of amides is 1. The highest BCUT2D eigenvalue weighted by atomic mass is 32.2. The Morgan fingerprint density at radius 2 is 1.50 bits per heavy atom. The number of hydrogen-bond donors (Lipinski definition) is 1. The maximum Gasteiger partial charge on any atom is 0.407 e. The fraction of sp³-hybridized carbons (Fsp3) is 0.417. The van der Waals surface area contributed by atoms with E-state index in [9.17, 15) is 13.2 Å². The Balaban J connectivity index is 2.08. The predicted molar refractivity (Wildman–Crippen MR) is 125 cm³/mol. The topological polar surface area (TPSA) is 86.1 Å². The van der Waals surface area contributed by atoms with Crippen molar-refractivity contribution in [2.45, 2.75) is 52.0 Å². The van der Waals surface area contributed by atoms with Crippen molar-refractivity contribution in [2.24, 2.45) is 5.92 Å². The number of carbonyl (C=O) groups excluding carboxylic acids is 1. The van der Waals surface area contributed by atoms with Gasteiger partial charge in [-0.15, -0.1) is 0 Å². The number of ether oxygens (including phenoxy) is 2. The van der Waals surface area contributed by atoms with Crippen LogP contribution in [0.5, 0.6) is 11.5 Å². The maximum atomic E-state index is 13.0. The number of benzene rings is 2. The van der Waals surface area contributed by atoms with Gasteiger partial charge in [0, 0.05) is 6.04 Å². The highest BCUT2D eigenvalue weighted by molar-refractivity contribution is 7.91. The summed E-state index contributed by atoms with van der Waals surface area (Å²) in [6, 6.07) is 13.0. The van der Waals surface area contributed by atoms with Crippen LogP contribution in [0.25, 0.3) is 4.85 Å². The van der Waals surface area contributed by atoms with Crippen LogP contribution in [0.4, 0.5) is 10.5 Å². The van der Waals surface area contributed by atoms with Crippen LogP contribution in [0.1, 0.15) is 45.4 Å². The van der Waals surface area contributed by atoms with Crippen LogP contribution >= 0.6 is 0 Å². The standard InChI is InChI=1S/C24H30N2O5S/c1-16(2)23(26-24(27)30-17(3)4)15-32(28,29)18(5)19-7-11-21(12-8-19)31-22-13-9-20(25-6)10-14-22/h7-14,16-18,23H,15H2,1-5H3,(H,26,27)/t18?,23-/m1/s1. The zero-order valence-corrected chi connectivity index (χ0v) is 19.8. The molecule has 172 valence electrons. The molecule has 0 spiro atoms. The molecule has 0 aliphatic rings. The molecule has 1 unspecified atom stereocenters. The number of sulfone groups is 1. The first-order valence-corrected chi connectivity index (χ1v) is 12.2. The van der Waals surface area contributed by atoms with E-state index in [4.69, 9.17) is 16.0 Å². The van der Waals surface area contributed by atoms with Crippen LogP contribution in [0.15, 0.2) is 48.5 Å². The summed E-state index contributed by atoms with van der Waals surface area (Å²) >= 11 is 0. The highest BCUT2D eigenvalue weighted by Gasteiger charge is 2.29. The fourth-order valence-corrected chi connectivity index (χ4v) is 4.76. The Hall–Kier alpha value is -3.05. The minimum Gasteiger partial charge on any atom is -0.457 e. The summed E-state index contributed by atoms with van der Waals surface area (Å²) < 4.78 is 36.9. The van der Waals surface area contributed by atoms with Gasteiger partial charge in [-0.1, -0.05) is 38.1 Å². The summed E-state index contributed by atoms with van der Waals surface area (Å²) in [4.78, 5) is 15.3. The molecule has 0 aromatic heterocycles. The normalized spacial score (nSPS) is 13.3. The molecule has 0 saturated heterocycles. The van der Waals surface area contributed by atoms with E-state index in [1.54, 1.807) is 69.3 Å². The summed E-state index contributed by atoms with van der Waals surface area (Å²) in [7, 11) is -3.55. The number of rotatable bonds is 9. The van der Waals surface area contributed by atoms with Gasteiger partial charge in [0.2, 0.25) is 0 Å². The lowest BCUT2D eigenvalue weighted by Gasteiger charge is -2.24. The molecule has 7 nitrogen and oxygen atoms in total. The molecule has 1 amide bonds. The summed E-state index contributed by atoms with van der Waals surface area (Å²) in [6.07, 6.45) is -0.905. The molecule has 2 aromatic carbocycles. The van der Waals surface area contributed by atoms with Gasteiger partial charge in [0.15, 0.2) is 15.5 Å².